The van der Waals surface area contributed by atoms with Gasteiger partial charge in [0.15, 0.2) is 5.43 Å². The van der Waals surface area contributed by atoms with Crippen molar-refractivity contribution in [2.75, 3.05) is 40.9 Å². The Morgan fingerprint density at radius 2 is 1.78 bits per heavy atom. The zero-order chi connectivity index (χ0) is 22.8. The van der Waals surface area contributed by atoms with Gasteiger partial charge in [-0.2, -0.15) is 0 Å². The summed E-state index contributed by atoms with van der Waals surface area (Å²) in [6.07, 6.45) is 0.920. The second kappa shape index (κ2) is 9.04. The molecule has 168 valence electrons. The first kappa shape index (κ1) is 21.9. The van der Waals surface area contributed by atoms with Gasteiger partial charge in [0.05, 0.1) is 30.7 Å². The third kappa shape index (κ3) is 3.96. The van der Waals surface area contributed by atoms with Crippen LogP contribution in [-0.2, 0) is 0 Å². The molecule has 0 bridgehead atoms. The number of ether oxygens (including phenoxy) is 2. The molecule has 1 aliphatic heterocycles. The van der Waals surface area contributed by atoms with Crippen LogP contribution in [0.1, 0.15) is 41.1 Å². The summed E-state index contributed by atoms with van der Waals surface area (Å²) in [4.78, 5) is 30.6. The van der Waals surface area contributed by atoms with Crippen LogP contribution >= 0.6 is 0 Å². The van der Waals surface area contributed by atoms with Crippen molar-refractivity contribution in [3.63, 3.8) is 0 Å². The van der Waals surface area contributed by atoms with Gasteiger partial charge in [-0.05, 0) is 50.3 Å². The average molecular weight is 437 g/mol. The Hall–Kier alpha value is -3.32. The highest BCUT2D eigenvalue weighted by Gasteiger charge is 2.42. The van der Waals surface area contributed by atoms with Crippen LogP contribution in [0.2, 0.25) is 0 Å². The van der Waals surface area contributed by atoms with Gasteiger partial charge in [0, 0.05) is 19.2 Å². The number of methoxy groups -OCH3 is 1. The van der Waals surface area contributed by atoms with E-state index in [4.69, 9.17) is 13.9 Å². The number of likely N-dealkylation sites (N-methyl/N-ethyl adjacent to an activating group) is 1. The standard InChI is InChI=1S/C25H28N2O5/c1-5-14-31-17-8-6-16(7-9-17)22-21-23(28)19-11-10-18(30-4)15-20(19)32-24(21)25(29)27(22)13-12-26(2)3/h6-11,15,22H,5,12-14H2,1-4H3/t22-/m1/s1. The molecule has 1 aromatic heterocycles. The fraction of sp³-hybridized carbons (Fsp3) is 0.360. The molecule has 2 heterocycles. The first-order valence-corrected chi connectivity index (χ1v) is 10.8. The zero-order valence-corrected chi connectivity index (χ0v) is 18.9. The lowest BCUT2D eigenvalue weighted by molar-refractivity contribution is 0.0716. The highest BCUT2D eigenvalue weighted by atomic mass is 16.5. The quantitative estimate of drug-likeness (QED) is 0.536. The number of hydrogen-bond donors (Lipinski definition) is 0. The maximum atomic E-state index is 13.5. The molecule has 0 fully saturated rings. The minimum atomic E-state index is -0.513. The molecular formula is C25H28N2O5. The van der Waals surface area contributed by atoms with E-state index in [9.17, 15) is 9.59 Å². The molecular weight excluding hydrogens is 408 g/mol. The van der Waals surface area contributed by atoms with Gasteiger partial charge in [0.1, 0.15) is 17.1 Å². The number of rotatable bonds is 8. The fourth-order valence-corrected chi connectivity index (χ4v) is 3.98. The van der Waals surface area contributed by atoms with Crippen LogP contribution in [0.15, 0.2) is 51.7 Å². The van der Waals surface area contributed by atoms with Crippen LogP contribution in [0.5, 0.6) is 11.5 Å². The lowest BCUT2D eigenvalue weighted by atomic mass is 9.98. The summed E-state index contributed by atoms with van der Waals surface area (Å²) in [6.45, 7) is 3.82. The summed E-state index contributed by atoms with van der Waals surface area (Å²) in [5, 5.41) is 0.430. The maximum absolute atomic E-state index is 13.5. The van der Waals surface area contributed by atoms with Gasteiger partial charge in [0.2, 0.25) is 5.76 Å². The van der Waals surface area contributed by atoms with E-state index in [1.54, 1.807) is 30.2 Å². The molecule has 0 saturated heterocycles. The molecule has 0 unspecified atom stereocenters. The molecule has 1 amide bonds. The molecule has 32 heavy (non-hydrogen) atoms. The topological polar surface area (TPSA) is 72.2 Å². The van der Waals surface area contributed by atoms with E-state index in [0.717, 1.165) is 17.7 Å². The van der Waals surface area contributed by atoms with Crippen LogP contribution in [0.3, 0.4) is 0 Å². The van der Waals surface area contributed by atoms with E-state index in [2.05, 4.69) is 6.92 Å². The van der Waals surface area contributed by atoms with Gasteiger partial charge >= 0.3 is 0 Å². The number of carbonyl (C=O) groups is 1. The van der Waals surface area contributed by atoms with Crippen LogP contribution in [-0.4, -0.2) is 56.6 Å². The number of amides is 1. The molecule has 0 saturated carbocycles. The number of hydrogen-bond acceptors (Lipinski definition) is 6. The third-order valence-electron chi connectivity index (χ3n) is 5.63. The molecule has 3 aromatic rings. The Kier molecular flexibility index (Phi) is 6.19. The van der Waals surface area contributed by atoms with Crippen molar-refractivity contribution in [1.29, 1.82) is 0 Å². The summed E-state index contributed by atoms with van der Waals surface area (Å²) >= 11 is 0. The summed E-state index contributed by atoms with van der Waals surface area (Å²) in [6, 6.07) is 12.1. The molecule has 1 aliphatic rings. The molecule has 7 heteroatoms. The van der Waals surface area contributed by atoms with Crippen molar-refractivity contribution in [3.8, 4) is 11.5 Å². The number of nitrogens with zero attached hydrogens (tertiary/aromatic N) is 2. The van der Waals surface area contributed by atoms with E-state index in [-0.39, 0.29) is 17.1 Å². The first-order valence-electron chi connectivity index (χ1n) is 10.8. The Morgan fingerprint density at radius 1 is 1.06 bits per heavy atom. The van der Waals surface area contributed by atoms with Crippen molar-refractivity contribution in [1.82, 2.24) is 9.80 Å². The largest absolute Gasteiger partial charge is 0.497 e. The highest BCUT2D eigenvalue weighted by Crippen LogP contribution is 2.38. The number of fused-ring (bicyclic) bond motifs is 2. The average Bonchev–Trinajstić information content (AvgIpc) is 3.08. The van der Waals surface area contributed by atoms with Crippen LogP contribution in [0.4, 0.5) is 0 Å². The van der Waals surface area contributed by atoms with Gasteiger partial charge in [-0.25, -0.2) is 0 Å². The molecule has 0 spiro atoms. The maximum Gasteiger partial charge on any atom is 0.290 e. The monoisotopic (exact) mass is 436 g/mol. The van der Waals surface area contributed by atoms with E-state index < -0.39 is 6.04 Å². The fourth-order valence-electron chi connectivity index (χ4n) is 3.98. The summed E-state index contributed by atoms with van der Waals surface area (Å²) < 4.78 is 16.9. The van der Waals surface area contributed by atoms with Crippen molar-refractivity contribution in [3.05, 3.63) is 69.6 Å². The normalized spacial score (nSPS) is 15.5. The van der Waals surface area contributed by atoms with E-state index in [1.165, 1.54) is 0 Å². The van der Waals surface area contributed by atoms with Crippen molar-refractivity contribution >= 4 is 16.9 Å². The van der Waals surface area contributed by atoms with E-state index >= 15 is 0 Å². The lowest BCUT2D eigenvalue weighted by Crippen LogP contribution is -2.35. The van der Waals surface area contributed by atoms with Gasteiger partial charge < -0.3 is 23.7 Å². The van der Waals surface area contributed by atoms with Crippen LogP contribution < -0.4 is 14.9 Å². The van der Waals surface area contributed by atoms with Crippen molar-refractivity contribution in [2.45, 2.75) is 19.4 Å². The first-order chi connectivity index (χ1) is 15.4. The van der Waals surface area contributed by atoms with E-state index in [0.29, 0.717) is 42.0 Å². The van der Waals surface area contributed by atoms with Gasteiger partial charge in [-0.1, -0.05) is 19.1 Å². The minimum Gasteiger partial charge on any atom is -0.497 e. The lowest BCUT2D eigenvalue weighted by Gasteiger charge is -2.26. The van der Waals surface area contributed by atoms with Crippen molar-refractivity contribution in [2.24, 2.45) is 0 Å². The molecule has 2 aromatic carbocycles. The predicted octanol–water partition coefficient (Wildman–Crippen LogP) is 3.70. The Balaban J connectivity index is 1.84. The second-order valence-electron chi connectivity index (χ2n) is 8.16. The SMILES string of the molecule is CCCOc1ccc([C@@H]2c3c(oc4cc(OC)ccc4c3=O)C(=O)N2CCN(C)C)cc1. The highest BCUT2D eigenvalue weighted by molar-refractivity contribution is 5.99. The molecule has 0 aliphatic carbocycles. The molecule has 1 atom stereocenters. The molecule has 7 nitrogen and oxygen atoms in total. The predicted molar refractivity (Wildman–Crippen MR) is 123 cm³/mol. The van der Waals surface area contributed by atoms with Gasteiger partial charge in [-0.15, -0.1) is 0 Å². The van der Waals surface area contributed by atoms with Crippen LogP contribution in [0.25, 0.3) is 11.0 Å². The molecule has 0 N–H and O–H groups in total. The second-order valence-corrected chi connectivity index (χ2v) is 8.16. The Labute approximate surface area is 187 Å². The number of carbonyl (C=O) groups excluding carboxylic acids is 1. The molecule has 0 radical (unpaired) electrons. The van der Waals surface area contributed by atoms with Crippen molar-refractivity contribution < 1.29 is 18.7 Å². The number of benzene rings is 2. The van der Waals surface area contributed by atoms with E-state index in [1.807, 2.05) is 43.3 Å². The zero-order valence-electron chi connectivity index (χ0n) is 18.9. The van der Waals surface area contributed by atoms with Gasteiger partial charge in [-0.3, -0.25) is 9.59 Å². The summed E-state index contributed by atoms with van der Waals surface area (Å²) in [5.41, 5.74) is 1.38. The molecule has 4 rings (SSSR count). The minimum absolute atomic E-state index is 0.103. The third-order valence-corrected chi connectivity index (χ3v) is 5.63. The summed E-state index contributed by atoms with van der Waals surface area (Å²) in [5.74, 6) is 1.15. The summed E-state index contributed by atoms with van der Waals surface area (Å²) in [7, 11) is 5.45. The smallest absolute Gasteiger partial charge is 0.290 e. The Morgan fingerprint density at radius 3 is 2.44 bits per heavy atom. The Bertz CT molecular complexity index is 1180. The van der Waals surface area contributed by atoms with Crippen LogP contribution in [0, 0.1) is 0 Å². The van der Waals surface area contributed by atoms with Gasteiger partial charge in [0.25, 0.3) is 5.91 Å².